The summed E-state index contributed by atoms with van der Waals surface area (Å²) in [6.07, 6.45) is 3.12. The predicted molar refractivity (Wildman–Crippen MR) is 73.6 cm³/mol. The summed E-state index contributed by atoms with van der Waals surface area (Å²) < 4.78 is 1.31. The van der Waals surface area contributed by atoms with E-state index in [9.17, 15) is 0 Å². The van der Waals surface area contributed by atoms with E-state index < -0.39 is 0 Å². The van der Waals surface area contributed by atoms with Crippen LogP contribution in [0.15, 0.2) is 23.7 Å². The molecule has 2 aromatic heterocycles. The molecule has 3 heterocycles. The highest BCUT2D eigenvalue weighted by Gasteiger charge is 2.31. The van der Waals surface area contributed by atoms with Crippen LogP contribution in [0.4, 0.5) is 5.82 Å². The fourth-order valence-electron chi connectivity index (χ4n) is 2.74. The molecule has 3 rings (SSSR count). The number of pyridine rings is 1. The zero-order valence-electron chi connectivity index (χ0n) is 9.97. The van der Waals surface area contributed by atoms with Crippen molar-refractivity contribution in [3.05, 3.63) is 23.7 Å². The number of rotatable bonds is 2. The van der Waals surface area contributed by atoms with Crippen LogP contribution >= 0.6 is 11.3 Å². The lowest BCUT2D eigenvalue weighted by atomic mass is 10.0. The lowest BCUT2D eigenvalue weighted by molar-refractivity contribution is 0.518. The molecule has 1 aliphatic rings. The van der Waals surface area contributed by atoms with Crippen molar-refractivity contribution in [1.29, 1.82) is 0 Å². The Bertz CT molecular complexity index is 522. The van der Waals surface area contributed by atoms with E-state index in [1.807, 2.05) is 6.20 Å². The normalized spacial score (nSPS) is 24.7. The third-order valence-corrected chi connectivity index (χ3v) is 4.64. The van der Waals surface area contributed by atoms with Crippen molar-refractivity contribution in [3.63, 3.8) is 0 Å². The van der Waals surface area contributed by atoms with E-state index in [-0.39, 0.29) is 0 Å². The highest BCUT2D eigenvalue weighted by atomic mass is 32.1. The number of anilines is 1. The summed E-state index contributed by atoms with van der Waals surface area (Å²) in [6, 6.07) is 4.69. The second kappa shape index (κ2) is 4.27. The van der Waals surface area contributed by atoms with Crippen molar-refractivity contribution in [2.24, 2.45) is 11.7 Å². The van der Waals surface area contributed by atoms with Crippen molar-refractivity contribution in [3.8, 4) is 0 Å². The summed E-state index contributed by atoms with van der Waals surface area (Å²) in [6.45, 7) is 4.07. The summed E-state index contributed by atoms with van der Waals surface area (Å²) in [7, 11) is 0. The average molecular weight is 247 g/mol. The van der Waals surface area contributed by atoms with Gasteiger partial charge in [-0.15, -0.1) is 11.3 Å². The molecule has 1 aliphatic heterocycles. The minimum atomic E-state index is 0.438. The smallest absolute Gasteiger partial charge is 0.137 e. The number of nitrogens with zero attached hydrogens (tertiary/aromatic N) is 2. The third-order valence-electron chi connectivity index (χ3n) is 3.75. The van der Waals surface area contributed by atoms with Crippen LogP contribution in [0.5, 0.6) is 0 Å². The van der Waals surface area contributed by atoms with Crippen LogP contribution in [-0.2, 0) is 0 Å². The van der Waals surface area contributed by atoms with Crippen molar-refractivity contribution < 1.29 is 0 Å². The molecule has 2 unspecified atom stereocenters. The summed E-state index contributed by atoms with van der Waals surface area (Å²) in [5.41, 5.74) is 5.90. The van der Waals surface area contributed by atoms with E-state index in [1.54, 1.807) is 11.3 Å². The second-order valence-electron chi connectivity index (χ2n) is 4.73. The molecule has 0 saturated carbocycles. The standard InChI is InChI=1S/C13H17N3S/c1-9-3-6-16(11(9)8-14)13-10-4-7-17-12(10)2-5-15-13/h2,4-5,7,9,11H,3,6,8,14H2,1H3. The zero-order chi connectivity index (χ0) is 11.8. The summed E-state index contributed by atoms with van der Waals surface area (Å²) in [5.74, 6) is 1.78. The molecule has 0 spiro atoms. The third kappa shape index (κ3) is 1.72. The summed E-state index contributed by atoms with van der Waals surface area (Å²) in [5, 5.41) is 3.40. The molecule has 1 saturated heterocycles. The highest BCUT2D eigenvalue weighted by Crippen LogP contribution is 2.34. The van der Waals surface area contributed by atoms with Crippen molar-refractivity contribution in [1.82, 2.24) is 4.98 Å². The number of hydrogen-bond donors (Lipinski definition) is 1. The Morgan fingerprint density at radius 1 is 1.53 bits per heavy atom. The van der Waals surface area contributed by atoms with Gasteiger partial charge in [0.15, 0.2) is 0 Å². The van der Waals surface area contributed by atoms with Gasteiger partial charge in [0.1, 0.15) is 5.82 Å². The van der Waals surface area contributed by atoms with Gasteiger partial charge in [-0.3, -0.25) is 0 Å². The lowest BCUT2D eigenvalue weighted by Gasteiger charge is -2.27. The van der Waals surface area contributed by atoms with Crippen molar-refractivity contribution in [2.45, 2.75) is 19.4 Å². The van der Waals surface area contributed by atoms with E-state index >= 15 is 0 Å². The molecule has 2 aromatic rings. The van der Waals surface area contributed by atoms with Gasteiger partial charge in [0, 0.05) is 35.4 Å². The summed E-state index contributed by atoms with van der Waals surface area (Å²) >= 11 is 1.77. The van der Waals surface area contributed by atoms with Gasteiger partial charge in [0.2, 0.25) is 0 Å². The number of thiophene rings is 1. The van der Waals surface area contributed by atoms with Gasteiger partial charge >= 0.3 is 0 Å². The first kappa shape index (κ1) is 11.0. The zero-order valence-corrected chi connectivity index (χ0v) is 10.8. The molecule has 4 heteroatoms. The first-order valence-corrected chi connectivity index (χ1v) is 6.98. The maximum absolute atomic E-state index is 5.90. The molecule has 3 nitrogen and oxygen atoms in total. The van der Waals surface area contributed by atoms with Crippen LogP contribution < -0.4 is 10.6 Å². The molecule has 0 aliphatic carbocycles. The Kier molecular flexibility index (Phi) is 2.76. The first-order valence-electron chi connectivity index (χ1n) is 6.10. The molecular weight excluding hydrogens is 230 g/mol. The van der Waals surface area contributed by atoms with Crippen LogP contribution in [0.3, 0.4) is 0 Å². The van der Waals surface area contributed by atoms with Gasteiger partial charge < -0.3 is 10.6 Å². The molecular formula is C13H17N3S. The number of hydrogen-bond acceptors (Lipinski definition) is 4. The maximum atomic E-state index is 5.90. The number of aromatic nitrogens is 1. The van der Waals surface area contributed by atoms with Crippen LogP contribution in [0.2, 0.25) is 0 Å². The first-order chi connectivity index (χ1) is 8.31. The monoisotopic (exact) mass is 247 g/mol. The van der Waals surface area contributed by atoms with Crippen LogP contribution in [0.1, 0.15) is 13.3 Å². The Morgan fingerprint density at radius 2 is 2.41 bits per heavy atom. The molecule has 17 heavy (non-hydrogen) atoms. The molecule has 0 bridgehead atoms. The minimum absolute atomic E-state index is 0.438. The van der Waals surface area contributed by atoms with Gasteiger partial charge in [-0.25, -0.2) is 4.98 Å². The highest BCUT2D eigenvalue weighted by molar-refractivity contribution is 7.17. The van der Waals surface area contributed by atoms with E-state index in [0.29, 0.717) is 18.5 Å². The minimum Gasteiger partial charge on any atom is -0.352 e. The Morgan fingerprint density at radius 3 is 3.24 bits per heavy atom. The van der Waals surface area contributed by atoms with E-state index in [1.165, 1.54) is 16.5 Å². The SMILES string of the molecule is CC1CCN(c2nccc3sccc23)C1CN. The van der Waals surface area contributed by atoms with Gasteiger partial charge in [-0.2, -0.15) is 0 Å². The molecule has 2 atom stereocenters. The van der Waals surface area contributed by atoms with Crippen molar-refractivity contribution in [2.75, 3.05) is 18.0 Å². The van der Waals surface area contributed by atoms with Crippen molar-refractivity contribution >= 4 is 27.2 Å². The Balaban J connectivity index is 2.06. The van der Waals surface area contributed by atoms with E-state index in [0.717, 1.165) is 12.4 Å². The van der Waals surface area contributed by atoms with Gasteiger partial charge in [0.25, 0.3) is 0 Å². The molecule has 0 aromatic carbocycles. The number of fused-ring (bicyclic) bond motifs is 1. The van der Waals surface area contributed by atoms with Crippen LogP contribution in [-0.4, -0.2) is 24.1 Å². The fourth-order valence-corrected chi connectivity index (χ4v) is 3.52. The predicted octanol–water partition coefficient (Wildman–Crippen LogP) is 2.47. The maximum Gasteiger partial charge on any atom is 0.137 e. The van der Waals surface area contributed by atoms with E-state index in [4.69, 9.17) is 5.73 Å². The second-order valence-corrected chi connectivity index (χ2v) is 5.68. The molecule has 90 valence electrons. The van der Waals surface area contributed by atoms with Gasteiger partial charge in [-0.1, -0.05) is 6.92 Å². The largest absolute Gasteiger partial charge is 0.352 e. The van der Waals surface area contributed by atoms with Gasteiger partial charge in [0.05, 0.1) is 0 Å². The van der Waals surface area contributed by atoms with E-state index in [2.05, 4.69) is 34.3 Å². The molecule has 1 fully saturated rings. The fraction of sp³-hybridized carbons (Fsp3) is 0.462. The lowest BCUT2D eigenvalue weighted by Crippen LogP contribution is -2.38. The quantitative estimate of drug-likeness (QED) is 0.886. The summed E-state index contributed by atoms with van der Waals surface area (Å²) in [4.78, 5) is 6.96. The Labute approximate surface area is 105 Å². The van der Waals surface area contributed by atoms with Gasteiger partial charge in [-0.05, 0) is 29.9 Å². The van der Waals surface area contributed by atoms with Crippen LogP contribution in [0.25, 0.3) is 10.1 Å². The Hall–Kier alpha value is -1.13. The average Bonchev–Trinajstić information content (AvgIpc) is 2.94. The topological polar surface area (TPSA) is 42.2 Å². The van der Waals surface area contributed by atoms with Crippen LogP contribution in [0, 0.1) is 5.92 Å². The molecule has 0 amide bonds. The molecule has 2 N–H and O–H groups in total. The number of nitrogens with two attached hydrogens (primary N) is 1. The molecule has 0 radical (unpaired) electrons.